The van der Waals surface area contributed by atoms with Crippen LogP contribution in [0.5, 0.6) is 0 Å². The van der Waals surface area contributed by atoms with Crippen LogP contribution in [0.1, 0.15) is 40.0 Å². The lowest BCUT2D eigenvalue weighted by atomic mass is 9.98. The summed E-state index contributed by atoms with van der Waals surface area (Å²) in [6, 6.07) is 0. The predicted octanol–water partition coefficient (Wildman–Crippen LogP) is 3.09. The van der Waals surface area contributed by atoms with E-state index in [1.807, 2.05) is 13.8 Å². The van der Waals surface area contributed by atoms with E-state index in [1.54, 1.807) is 19.1 Å². The van der Waals surface area contributed by atoms with Gasteiger partial charge >= 0.3 is 5.97 Å². The minimum atomic E-state index is -1.08. The quantitative estimate of drug-likeness (QED) is 0.658. The van der Waals surface area contributed by atoms with Crippen LogP contribution < -0.4 is 0 Å². The Kier molecular flexibility index (Phi) is 8.92. The topological polar surface area (TPSA) is 71.4 Å². The van der Waals surface area contributed by atoms with Gasteiger partial charge in [-0.2, -0.15) is 0 Å². The zero-order valence-corrected chi connectivity index (χ0v) is 12.3. The zero-order chi connectivity index (χ0) is 15.5. The first-order chi connectivity index (χ1) is 9.42. The van der Waals surface area contributed by atoms with Crippen LogP contribution in [0.15, 0.2) is 36.0 Å². The van der Waals surface area contributed by atoms with Crippen molar-refractivity contribution in [3.05, 3.63) is 36.0 Å². The summed E-state index contributed by atoms with van der Waals surface area (Å²) in [6.45, 7) is 5.45. The number of rotatable bonds is 9. The molecular weight excluding hydrogens is 256 g/mol. The van der Waals surface area contributed by atoms with Crippen molar-refractivity contribution in [2.45, 2.75) is 40.0 Å². The molecule has 0 aliphatic rings. The van der Waals surface area contributed by atoms with Gasteiger partial charge < -0.3 is 5.11 Å². The Labute approximate surface area is 119 Å². The highest BCUT2D eigenvalue weighted by Crippen LogP contribution is 2.11. The van der Waals surface area contributed by atoms with E-state index < -0.39 is 11.9 Å². The lowest BCUT2D eigenvalue weighted by Gasteiger charge is -2.05. The third-order valence-corrected chi connectivity index (χ3v) is 2.58. The average Bonchev–Trinajstić information content (AvgIpc) is 2.40. The van der Waals surface area contributed by atoms with Gasteiger partial charge in [0.1, 0.15) is 0 Å². The molecule has 0 aromatic carbocycles. The minimum absolute atomic E-state index is 0.137. The summed E-state index contributed by atoms with van der Waals surface area (Å²) in [6.07, 6.45) is 8.74. The fraction of sp³-hybridized carbons (Fsp3) is 0.438. The fourth-order valence-electron chi connectivity index (χ4n) is 1.49. The van der Waals surface area contributed by atoms with Crippen molar-refractivity contribution in [3.8, 4) is 0 Å². The van der Waals surface area contributed by atoms with Crippen molar-refractivity contribution in [2.75, 3.05) is 0 Å². The average molecular weight is 278 g/mol. The third-order valence-electron chi connectivity index (χ3n) is 2.58. The first-order valence-corrected chi connectivity index (χ1v) is 6.76. The summed E-state index contributed by atoms with van der Waals surface area (Å²) in [7, 11) is 0. The van der Waals surface area contributed by atoms with Gasteiger partial charge in [0, 0.05) is 11.5 Å². The summed E-state index contributed by atoms with van der Waals surface area (Å²) in [5.41, 5.74) is 0.146. The van der Waals surface area contributed by atoms with E-state index in [4.69, 9.17) is 5.11 Å². The van der Waals surface area contributed by atoms with Crippen LogP contribution in [0.25, 0.3) is 0 Å². The van der Waals surface area contributed by atoms with Gasteiger partial charge in [0.2, 0.25) is 0 Å². The molecule has 1 N–H and O–H groups in total. The Balaban J connectivity index is 5.10. The molecule has 0 spiro atoms. The van der Waals surface area contributed by atoms with Crippen LogP contribution in [-0.2, 0) is 14.4 Å². The largest absolute Gasteiger partial charge is 0.481 e. The summed E-state index contributed by atoms with van der Waals surface area (Å²) in [5.74, 6) is -2.08. The van der Waals surface area contributed by atoms with Crippen LogP contribution in [0.4, 0.5) is 0 Å². The van der Waals surface area contributed by atoms with E-state index in [2.05, 4.69) is 0 Å². The molecule has 0 heterocycles. The zero-order valence-electron chi connectivity index (χ0n) is 12.3. The lowest BCUT2D eigenvalue weighted by Crippen LogP contribution is -2.11. The van der Waals surface area contributed by atoms with Crippen molar-refractivity contribution in [3.63, 3.8) is 0 Å². The van der Waals surface area contributed by atoms with Crippen LogP contribution in [0.2, 0.25) is 0 Å². The monoisotopic (exact) mass is 278 g/mol. The number of hydrogen-bond acceptors (Lipinski definition) is 3. The highest BCUT2D eigenvalue weighted by Gasteiger charge is 2.15. The Morgan fingerprint density at radius 2 is 1.60 bits per heavy atom. The van der Waals surface area contributed by atoms with Crippen LogP contribution in [0.3, 0.4) is 0 Å². The standard InChI is InChI=1S/C16H22O4/c1-4-6-8-14(17)12(3)10-13(11-16(19)20)15(18)9-7-5-2/h6-10,12H,4-5,11H2,1-3H3,(H,19,20). The SMILES string of the molecule is CCC=CC(=O)C(=CC(C)C(=O)C=CCC)CC(=O)O. The molecule has 1 atom stereocenters. The van der Waals surface area contributed by atoms with Gasteiger partial charge in [-0.05, 0) is 25.0 Å². The van der Waals surface area contributed by atoms with Crippen molar-refractivity contribution in [2.24, 2.45) is 5.92 Å². The van der Waals surface area contributed by atoms with Gasteiger partial charge in [-0.25, -0.2) is 0 Å². The van der Waals surface area contributed by atoms with Crippen LogP contribution in [0, 0.1) is 5.92 Å². The second kappa shape index (κ2) is 9.89. The molecule has 1 unspecified atom stereocenters. The molecular formula is C16H22O4. The lowest BCUT2D eigenvalue weighted by molar-refractivity contribution is -0.136. The maximum absolute atomic E-state index is 11.9. The molecule has 0 aliphatic heterocycles. The maximum Gasteiger partial charge on any atom is 0.307 e. The summed E-state index contributed by atoms with van der Waals surface area (Å²) in [4.78, 5) is 34.4. The van der Waals surface area contributed by atoms with Crippen LogP contribution >= 0.6 is 0 Å². The molecule has 0 fully saturated rings. The van der Waals surface area contributed by atoms with Gasteiger partial charge in [-0.15, -0.1) is 0 Å². The molecule has 0 aliphatic carbocycles. The van der Waals surface area contributed by atoms with E-state index in [-0.39, 0.29) is 23.6 Å². The number of hydrogen-bond donors (Lipinski definition) is 1. The summed E-state index contributed by atoms with van der Waals surface area (Å²) >= 11 is 0. The van der Waals surface area contributed by atoms with Crippen molar-refractivity contribution in [1.29, 1.82) is 0 Å². The first kappa shape index (κ1) is 18.0. The molecule has 0 aromatic rings. The van der Waals surface area contributed by atoms with Gasteiger partial charge in [-0.1, -0.05) is 39.0 Å². The van der Waals surface area contributed by atoms with E-state index in [0.717, 1.165) is 6.42 Å². The van der Waals surface area contributed by atoms with Gasteiger partial charge in [0.05, 0.1) is 6.42 Å². The third kappa shape index (κ3) is 7.46. The summed E-state index contributed by atoms with van der Waals surface area (Å²) in [5, 5.41) is 8.84. The Morgan fingerprint density at radius 1 is 1.05 bits per heavy atom. The van der Waals surface area contributed by atoms with E-state index >= 15 is 0 Å². The van der Waals surface area contributed by atoms with Crippen molar-refractivity contribution < 1.29 is 19.5 Å². The number of carboxylic acids is 1. The van der Waals surface area contributed by atoms with Crippen molar-refractivity contribution >= 4 is 17.5 Å². The molecule has 0 saturated heterocycles. The molecule has 0 rings (SSSR count). The normalized spacial score (nSPS) is 13.8. The second-order valence-electron chi connectivity index (χ2n) is 4.44. The molecule has 0 bridgehead atoms. The van der Waals surface area contributed by atoms with Gasteiger partial charge in [0.15, 0.2) is 11.6 Å². The molecule has 0 aromatic heterocycles. The number of carbonyl (C=O) groups excluding carboxylic acids is 2. The predicted molar refractivity (Wildman–Crippen MR) is 78.4 cm³/mol. The Morgan fingerprint density at radius 3 is 2.10 bits per heavy atom. The Bertz CT molecular complexity index is 441. The Hall–Kier alpha value is -1.97. The first-order valence-electron chi connectivity index (χ1n) is 6.76. The minimum Gasteiger partial charge on any atom is -0.481 e. The van der Waals surface area contributed by atoms with Crippen molar-refractivity contribution in [1.82, 2.24) is 0 Å². The number of carboxylic acid groups (broad SMARTS) is 1. The number of ketones is 2. The molecule has 4 heteroatoms. The van der Waals surface area contributed by atoms with Gasteiger partial charge in [0.25, 0.3) is 0 Å². The molecule has 110 valence electrons. The molecule has 20 heavy (non-hydrogen) atoms. The molecule has 0 saturated carbocycles. The van der Waals surface area contributed by atoms with E-state index in [0.29, 0.717) is 6.42 Å². The molecule has 4 nitrogen and oxygen atoms in total. The number of carbonyl (C=O) groups is 3. The highest BCUT2D eigenvalue weighted by atomic mass is 16.4. The number of aliphatic carboxylic acids is 1. The van der Waals surface area contributed by atoms with Gasteiger partial charge in [-0.3, -0.25) is 14.4 Å². The van der Waals surface area contributed by atoms with E-state index in [9.17, 15) is 14.4 Å². The fourth-order valence-corrected chi connectivity index (χ4v) is 1.49. The maximum atomic E-state index is 11.9. The van der Waals surface area contributed by atoms with Crippen LogP contribution in [-0.4, -0.2) is 22.6 Å². The number of allylic oxidation sites excluding steroid dienone is 5. The summed E-state index contributed by atoms with van der Waals surface area (Å²) < 4.78 is 0. The molecule has 0 amide bonds. The highest BCUT2D eigenvalue weighted by molar-refractivity contribution is 6.07. The smallest absolute Gasteiger partial charge is 0.307 e. The van der Waals surface area contributed by atoms with E-state index in [1.165, 1.54) is 18.2 Å². The second-order valence-corrected chi connectivity index (χ2v) is 4.44. The molecule has 0 radical (unpaired) electrons.